The fraction of sp³-hybridized carbons (Fsp3) is 0.308. The lowest BCUT2D eigenvalue weighted by Gasteiger charge is -2.38. The van der Waals surface area contributed by atoms with Crippen molar-refractivity contribution >= 4 is 46.4 Å². The third-order valence-electron chi connectivity index (χ3n) is 8.82. The van der Waals surface area contributed by atoms with E-state index in [0.29, 0.717) is 53.9 Å². The van der Waals surface area contributed by atoms with Crippen molar-refractivity contribution in [1.29, 1.82) is 0 Å². The number of aryl methyl sites for hydroxylation is 1. The number of fused-ring (bicyclic) bond motifs is 4. The van der Waals surface area contributed by atoms with Crippen molar-refractivity contribution in [2.45, 2.75) is 47.4 Å². The van der Waals surface area contributed by atoms with Crippen molar-refractivity contribution in [2.24, 2.45) is 0 Å². The molecule has 0 radical (unpaired) electrons. The highest BCUT2D eigenvalue weighted by atomic mass is 32.2. The van der Waals surface area contributed by atoms with Crippen molar-refractivity contribution in [3.8, 4) is 11.5 Å². The molecule has 1 aromatic heterocycles. The predicted molar refractivity (Wildman–Crippen MR) is 201 cm³/mol. The highest BCUT2D eigenvalue weighted by molar-refractivity contribution is 7.99. The van der Waals surface area contributed by atoms with Gasteiger partial charge in [-0.3, -0.25) is 9.69 Å². The van der Waals surface area contributed by atoms with E-state index < -0.39 is 11.9 Å². The van der Waals surface area contributed by atoms with Crippen molar-refractivity contribution in [3.63, 3.8) is 0 Å². The molecule has 51 heavy (non-hydrogen) atoms. The van der Waals surface area contributed by atoms with E-state index in [4.69, 9.17) is 19.4 Å². The van der Waals surface area contributed by atoms with Gasteiger partial charge in [-0.25, -0.2) is 9.59 Å². The molecular formula is C39H42N2O8S2. The molecule has 0 aliphatic carbocycles. The Bertz CT molecular complexity index is 2020. The maximum Gasteiger partial charge on any atom is 0.328 e. The Balaban J connectivity index is 0.000000167. The van der Waals surface area contributed by atoms with Crippen LogP contribution in [0.25, 0.3) is 11.0 Å². The largest absolute Gasteiger partial charge is 0.507 e. The fourth-order valence-electron chi connectivity index (χ4n) is 6.11. The van der Waals surface area contributed by atoms with Gasteiger partial charge in [-0.05, 0) is 81.0 Å². The summed E-state index contributed by atoms with van der Waals surface area (Å²) in [5, 5.41) is 26.2. The molecule has 1 unspecified atom stereocenters. The van der Waals surface area contributed by atoms with Crippen LogP contribution in [0.5, 0.6) is 11.5 Å². The van der Waals surface area contributed by atoms with Crippen molar-refractivity contribution < 1.29 is 34.1 Å². The summed E-state index contributed by atoms with van der Waals surface area (Å²) in [5.74, 6) is -1.46. The van der Waals surface area contributed by atoms with Crippen LogP contribution in [0.1, 0.15) is 35.4 Å². The van der Waals surface area contributed by atoms with Gasteiger partial charge < -0.3 is 29.4 Å². The first-order valence-corrected chi connectivity index (χ1v) is 18.6. The quantitative estimate of drug-likeness (QED) is 0.116. The smallest absolute Gasteiger partial charge is 0.328 e. The SMILES string of the molecule is CC1=CCc2c(cc3oc(C)cc(=O)c3c2O)OC1.CSc1ccc2c(c1)C(N1CCN(C)CC1)Cc1ccccc1S2.O=C(O)C=CC(=O)O. The summed E-state index contributed by atoms with van der Waals surface area (Å²) in [6, 6.07) is 19.5. The molecule has 7 rings (SSSR count). The number of aromatic hydroxyl groups is 1. The van der Waals surface area contributed by atoms with Crippen molar-refractivity contribution in [2.75, 3.05) is 46.1 Å². The molecule has 0 bridgehead atoms. The van der Waals surface area contributed by atoms with Gasteiger partial charge in [-0.15, -0.1) is 11.8 Å². The molecular weight excluding hydrogens is 689 g/mol. The molecule has 3 aliphatic rings. The molecule has 4 aromatic rings. The normalized spacial score (nSPS) is 17.2. The number of benzene rings is 3. The molecule has 10 nitrogen and oxygen atoms in total. The number of thioether (sulfide) groups is 1. The van der Waals surface area contributed by atoms with Gasteiger partial charge >= 0.3 is 11.9 Å². The van der Waals surface area contributed by atoms with E-state index in [9.17, 15) is 19.5 Å². The van der Waals surface area contributed by atoms with Gasteiger partial charge in [-0.1, -0.05) is 36.0 Å². The van der Waals surface area contributed by atoms with Gasteiger partial charge in [-0.2, -0.15) is 0 Å². The first-order valence-electron chi connectivity index (χ1n) is 16.5. The Morgan fingerprint density at radius 1 is 0.961 bits per heavy atom. The lowest BCUT2D eigenvalue weighted by atomic mass is 9.96. The van der Waals surface area contributed by atoms with Crippen LogP contribution < -0.4 is 10.2 Å². The Labute approximate surface area is 305 Å². The van der Waals surface area contributed by atoms with Gasteiger partial charge in [0.1, 0.15) is 34.8 Å². The molecule has 4 heterocycles. The van der Waals surface area contributed by atoms with Crippen LogP contribution >= 0.6 is 23.5 Å². The van der Waals surface area contributed by atoms with E-state index >= 15 is 0 Å². The zero-order valence-corrected chi connectivity index (χ0v) is 30.7. The number of phenolic OH excluding ortho intramolecular Hbond substituents is 1. The molecule has 0 amide bonds. The van der Waals surface area contributed by atoms with Crippen LogP contribution in [0.15, 0.2) is 102 Å². The lowest BCUT2D eigenvalue weighted by Crippen LogP contribution is -2.46. The van der Waals surface area contributed by atoms with Crippen LogP contribution in [0.4, 0.5) is 0 Å². The second kappa shape index (κ2) is 17.1. The molecule has 268 valence electrons. The number of carboxylic acid groups (broad SMARTS) is 2. The lowest BCUT2D eigenvalue weighted by molar-refractivity contribution is -0.134. The summed E-state index contributed by atoms with van der Waals surface area (Å²) in [6.45, 7) is 8.82. The van der Waals surface area contributed by atoms with E-state index in [1.807, 2.05) is 36.5 Å². The van der Waals surface area contributed by atoms with E-state index in [1.54, 1.807) is 13.0 Å². The average Bonchev–Trinajstić information content (AvgIpc) is 3.39. The molecule has 0 saturated carbocycles. The molecule has 1 saturated heterocycles. The number of likely N-dealkylation sites (N-methyl/N-ethyl adjacent to an activating group) is 1. The average molecular weight is 731 g/mol. The summed E-state index contributed by atoms with van der Waals surface area (Å²) >= 11 is 3.79. The van der Waals surface area contributed by atoms with Gasteiger partial charge in [0.15, 0.2) is 5.43 Å². The maximum absolute atomic E-state index is 12.0. The number of carbonyl (C=O) groups is 2. The number of phenols is 1. The Morgan fingerprint density at radius 3 is 2.35 bits per heavy atom. The van der Waals surface area contributed by atoms with Gasteiger partial charge in [0, 0.05) is 76.8 Å². The number of ether oxygens (including phenoxy) is 1. The van der Waals surface area contributed by atoms with E-state index in [2.05, 4.69) is 65.6 Å². The monoisotopic (exact) mass is 730 g/mol. The minimum absolute atomic E-state index is 0.0350. The number of carboxylic acids is 2. The molecule has 3 N–H and O–H groups in total. The highest BCUT2D eigenvalue weighted by Crippen LogP contribution is 2.44. The van der Waals surface area contributed by atoms with E-state index in [1.165, 1.54) is 45.0 Å². The number of piperazine rings is 1. The molecule has 1 fully saturated rings. The zero-order chi connectivity index (χ0) is 36.7. The van der Waals surface area contributed by atoms with Crippen LogP contribution in [0.2, 0.25) is 0 Å². The predicted octanol–water partition coefficient (Wildman–Crippen LogP) is 6.80. The number of hydrogen-bond acceptors (Lipinski definition) is 10. The first-order chi connectivity index (χ1) is 24.4. The third kappa shape index (κ3) is 9.65. The molecule has 0 spiro atoms. The second-order valence-electron chi connectivity index (χ2n) is 12.5. The molecule has 3 aliphatic heterocycles. The van der Waals surface area contributed by atoms with Crippen LogP contribution in [-0.2, 0) is 22.4 Å². The van der Waals surface area contributed by atoms with Crippen LogP contribution in [0.3, 0.4) is 0 Å². The van der Waals surface area contributed by atoms with Crippen LogP contribution in [-0.4, -0.2) is 83.1 Å². The highest BCUT2D eigenvalue weighted by Gasteiger charge is 2.29. The number of allylic oxidation sites excluding steroid dienone is 1. The van der Waals surface area contributed by atoms with Crippen LogP contribution in [0, 0.1) is 6.92 Å². The van der Waals surface area contributed by atoms with Crippen molar-refractivity contribution in [3.05, 3.63) is 111 Å². The number of hydrogen-bond donors (Lipinski definition) is 3. The van der Waals surface area contributed by atoms with E-state index in [0.717, 1.165) is 25.1 Å². The summed E-state index contributed by atoms with van der Waals surface area (Å²) < 4.78 is 11.1. The Hall–Kier alpha value is -4.49. The van der Waals surface area contributed by atoms with Crippen molar-refractivity contribution in [1.82, 2.24) is 9.80 Å². The third-order valence-corrected chi connectivity index (χ3v) is 10.8. The summed E-state index contributed by atoms with van der Waals surface area (Å²) in [5.41, 5.74) is 4.88. The minimum atomic E-state index is -1.26. The molecule has 12 heteroatoms. The van der Waals surface area contributed by atoms with Gasteiger partial charge in [0.25, 0.3) is 0 Å². The maximum atomic E-state index is 12.0. The first kappa shape index (κ1) is 37.8. The standard InChI is InChI=1S/C20H24N2S2.C15H14O4.C4H4O4/c1-21-9-11-22(12-10-21)18-13-15-5-3-4-6-19(15)24-20-8-7-16(23-2)14-17(18)20;1-8-3-4-10-12(18-7-8)6-13-14(15(10)17)11(16)5-9(2)19-13;5-3(6)1-2-4(7)8/h3-8,14,18H,9-13H2,1-2H3;3,5-6,17H,4,7H2,1-2H3;1-2H,(H,5,6)(H,7,8). The fourth-order valence-corrected chi connectivity index (χ4v) is 7.68. The van der Waals surface area contributed by atoms with Gasteiger partial charge in [0.2, 0.25) is 0 Å². The topological polar surface area (TPSA) is 141 Å². The zero-order valence-electron chi connectivity index (χ0n) is 29.0. The van der Waals surface area contributed by atoms with E-state index in [-0.39, 0.29) is 16.6 Å². The number of aliphatic carboxylic acids is 2. The summed E-state index contributed by atoms with van der Waals surface area (Å²) in [6.07, 6.45) is 6.96. The number of nitrogens with zero attached hydrogens (tertiary/aromatic N) is 2. The summed E-state index contributed by atoms with van der Waals surface area (Å²) in [7, 11) is 2.23. The second-order valence-corrected chi connectivity index (χ2v) is 14.5. The molecule has 1 atom stereocenters. The Kier molecular flexibility index (Phi) is 12.7. The summed E-state index contributed by atoms with van der Waals surface area (Å²) in [4.78, 5) is 40.5. The number of rotatable bonds is 4. The van der Waals surface area contributed by atoms with Gasteiger partial charge in [0.05, 0.1) is 0 Å². The minimum Gasteiger partial charge on any atom is -0.507 e. The Morgan fingerprint density at radius 2 is 1.67 bits per heavy atom. The molecule has 3 aromatic carbocycles.